The van der Waals surface area contributed by atoms with E-state index in [-0.39, 0.29) is 17.7 Å². The Morgan fingerprint density at radius 1 is 0.960 bits per heavy atom. The standard InChI is InChI=1S/C18H23N3O4/c19-16(22)14-2-1-3-15(12-14)18(24)20-6-4-13(5-7-20)17(23)21-8-10-25-11-9-21/h1-3,12-13H,4-11H2,(H2,19,22). The molecular formula is C18H23N3O4. The number of rotatable bonds is 3. The number of ether oxygens (including phenoxy) is 1. The lowest BCUT2D eigenvalue weighted by molar-refractivity contribution is -0.141. The first-order chi connectivity index (χ1) is 12.1. The Labute approximate surface area is 146 Å². The molecule has 0 radical (unpaired) electrons. The maximum absolute atomic E-state index is 12.6. The van der Waals surface area contributed by atoms with Gasteiger partial charge >= 0.3 is 0 Å². The molecule has 2 heterocycles. The van der Waals surface area contributed by atoms with Crippen molar-refractivity contribution >= 4 is 17.7 Å². The van der Waals surface area contributed by atoms with Crippen molar-refractivity contribution in [1.29, 1.82) is 0 Å². The van der Waals surface area contributed by atoms with Gasteiger partial charge in [-0.15, -0.1) is 0 Å². The summed E-state index contributed by atoms with van der Waals surface area (Å²) < 4.78 is 5.28. The van der Waals surface area contributed by atoms with Gasteiger partial charge in [0.1, 0.15) is 0 Å². The van der Waals surface area contributed by atoms with E-state index in [0.29, 0.717) is 63.4 Å². The average molecular weight is 345 g/mol. The van der Waals surface area contributed by atoms with Crippen molar-refractivity contribution in [1.82, 2.24) is 9.80 Å². The van der Waals surface area contributed by atoms with Gasteiger partial charge in [-0.25, -0.2) is 0 Å². The van der Waals surface area contributed by atoms with Gasteiger partial charge < -0.3 is 20.3 Å². The molecule has 1 aromatic carbocycles. The maximum Gasteiger partial charge on any atom is 0.253 e. The predicted molar refractivity (Wildman–Crippen MR) is 91.0 cm³/mol. The fourth-order valence-electron chi connectivity index (χ4n) is 3.36. The summed E-state index contributed by atoms with van der Waals surface area (Å²) in [6, 6.07) is 6.45. The molecule has 0 atom stereocenters. The lowest BCUT2D eigenvalue weighted by Gasteiger charge is -2.35. The number of benzene rings is 1. The van der Waals surface area contributed by atoms with Crippen LogP contribution in [0.1, 0.15) is 33.6 Å². The van der Waals surface area contributed by atoms with E-state index < -0.39 is 5.91 Å². The van der Waals surface area contributed by atoms with Gasteiger partial charge in [0.05, 0.1) is 13.2 Å². The molecule has 2 aliphatic heterocycles. The van der Waals surface area contributed by atoms with Crippen LogP contribution in [0, 0.1) is 5.92 Å². The Hall–Kier alpha value is -2.41. The third-order valence-corrected chi connectivity index (χ3v) is 4.85. The predicted octanol–water partition coefficient (Wildman–Crippen LogP) is 0.496. The molecule has 2 N–H and O–H groups in total. The van der Waals surface area contributed by atoms with Gasteiger partial charge in [-0.05, 0) is 31.0 Å². The minimum Gasteiger partial charge on any atom is -0.378 e. The fraction of sp³-hybridized carbons (Fsp3) is 0.500. The van der Waals surface area contributed by atoms with Crippen molar-refractivity contribution in [2.75, 3.05) is 39.4 Å². The zero-order valence-corrected chi connectivity index (χ0v) is 14.1. The van der Waals surface area contributed by atoms with Gasteiger partial charge in [-0.2, -0.15) is 0 Å². The molecule has 2 fully saturated rings. The molecular weight excluding hydrogens is 322 g/mol. The second-order valence-electron chi connectivity index (χ2n) is 6.45. The van der Waals surface area contributed by atoms with Gasteiger partial charge in [-0.3, -0.25) is 14.4 Å². The Morgan fingerprint density at radius 2 is 1.60 bits per heavy atom. The Kier molecular flexibility index (Phi) is 5.33. The lowest BCUT2D eigenvalue weighted by Crippen LogP contribution is -2.47. The van der Waals surface area contributed by atoms with Crippen molar-refractivity contribution in [2.24, 2.45) is 11.7 Å². The number of carbonyl (C=O) groups is 3. The molecule has 0 saturated carbocycles. The first-order valence-corrected chi connectivity index (χ1v) is 8.62. The summed E-state index contributed by atoms with van der Waals surface area (Å²) in [6.45, 7) is 3.58. The number of morpholine rings is 1. The summed E-state index contributed by atoms with van der Waals surface area (Å²) in [5, 5.41) is 0. The number of piperidine rings is 1. The molecule has 0 bridgehead atoms. The van der Waals surface area contributed by atoms with E-state index in [4.69, 9.17) is 10.5 Å². The van der Waals surface area contributed by atoms with Crippen LogP contribution in [0.25, 0.3) is 0 Å². The molecule has 3 amide bonds. The normalized spacial score (nSPS) is 18.9. The summed E-state index contributed by atoms with van der Waals surface area (Å²) >= 11 is 0. The summed E-state index contributed by atoms with van der Waals surface area (Å²) in [5.41, 5.74) is 6.04. The molecule has 1 aromatic rings. The van der Waals surface area contributed by atoms with Gasteiger partial charge in [0.15, 0.2) is 0 Å². The third-order valence-electron chi connectivity index (χ3n) is 4.85. The quantitative estimate of drug-likeness (QED) is 0.863. The molecule has 7 heteroatoms. The maximum atomic E-state index is 12.6. The molecule has 0 unspecified atom stereocenters. The van der Waals surface area contributed by atoms with Crippen LogP contribution in [0.15, 0.2) is 24.3 Å². The van der Waals surface area contributed by atoms with E-state index >= 15 is 0 Å². The summed E-state index contributed by atoms with van der Waals surface area (Å²) in [7, 11) is 0. The highest BCUT2D eigenvalue weighted by Crippen LogP contribution is 2.22. The SMILES string of the molecule is NC(=O)c1cccc(C(=O)N2CCC(C(=O)N3CCOCC3)CC2)c1. The zero-order valence-electron chi connectivity index (χ0n) is 14.1. The van der Waals surface area contributed by atoms with Crippen LogP contribution in [0.2, 0.25) is 0 Å². The highest BCUT2D eigenvalue weighted by Gasteiger charge is 2.31. The average Bonchev–Trinajstić information content (AvgIpc) is 2.67. The van der Waals surface area contributed by atoms with Gasteiger partial charge in [0.25, 0.3) is 5.91 Å². The largest absolute Gasteiger partial charge is 0.378 e. The first-order valence-electron chi connectivity index (χ1n) is 8.62. The molecule has 0 aromatic heterocycles. The highest BCUT2D eigenvalue weighted by molar-refractivity contribution is 5.99. The van der Waals surface area contributed by atoms with Gasteiger partial charge in [0, 0.05) is 43.2 Å². The number of nitrogens with zero attached hydrogens (tertiary/aromatic N) is 2. The number of likely N-dealkylation sites (tertiary alicyclic amines) is 1. The van der Waals surface area contributed by atoms with E-state index in [9.17, 15) is 14.4 Å². The first kappa shape index (κ1) is 17.4. The van der Waals surface area contributed by atoms with E-state index in [2.05, 4.69) is 0 Å². The minimum atomic E-state index is -0.551. The summed E-state index contributed by atoms with van der Waals surface area (Å²) in [4.78, 5) is 40.0. The number of primary amides is 1. The van der Waals surface area contributed by atoms with Crippen molar-refractivity contribution in [3.8, 4) is 0 Å². The molecule has 25 heavy (non-hydrogen) atoms. The molecule has 0 spiro atoms. The van der Waals surface area contributed by atoms with Crippen LogP contribution >= 0.6 is 0 Å². The number of amides is 3. The molecule has 7 nitrogen and oxygen atoms in total. The minimum absolute atomic E-state index is 0.0286. The topological polar surface area (TPSA) is 92.9 Å². The number of carbonyl (C=O) groups excluding carboxylic acids is 3. The Morgan fingerprint density at radius 3 is 2.24 bits per heavy atom. The van der Waals surface area contributed by atoms with Crippen LogP contribution in [-0.2, 0) is 9.53 Å². The second kappa shape index (κ2) is 7.65. The van der Waals surface area contributed by atoms with Crippen LogP contribution in [-0.4, -0.2) is 66.9 Å². The third kappa shape index (κ3) is 3.99. The van der Waals surface area contributed by atoms with E-state index in [1.54, 1.807) is 23.1 Å². The van der Waals surface area contributed by atoms with Gasteiger partial charge in [-0.1, -0.05) is 6.07 Å². The van der Waals surface area contributed by atoms with Crippen molar-refractivity contribution in [3.63, 3.8) is 0 Å². The van der Waals surface area contributed by atoms with Crippen LogP contribution in [0.3, 0.4) is 0 Å². The van der Waals surface area contributed by atoms with Crippen molar-refractivity contribution < 1.29 is 19.1 Å². The van der Waals surface area contributed by atoms with Crippen molar-refractivity contribution in [3.05, 3.63) is 35.4 Å². The zero-order chi connectivity index (χ0) is 17.8. The summed E-state index contributed by atoms with van der Waals surface area (Å²) in [5.74, 6) is -0.532. The number of nitrogens with two attached hydrogens (primary N) is 1. The smallest absolute Gasteiger partial charge is 0.253 e. The Bertz CT molecular complexity index is 662. The van der Waals surface area contributed by atoms with E-state index in [1.165, 1.54) is 6.07 Å². The lowest BCUT2D eigenvalue weighted by atomic mass is 9.94. The monoisotopic (exact) mass is 345 g/mol. The summed E-state index contributed by atoms with van der Waals surface area (Å²) in [6.07, 6.45) is 1.33. The second-order valence-corrected chi connectivity index (χ2v) is 6.45. The molecule has 0 aliphatic carbocycles. The van der Waals surface area contributed by atoms with Crippen LogP contribution in [0.5, 0.6) is 0 Å². The molecule has 134 valence electrons. The van der Waals surface area contributed by atoms with Crippen LogP contribution in [0.4, 0.5) is 0 Å². The van der Waals surface area contributed by atoms with E-state index in [1.807, 2.05) is 4.90 Å². The molecule has 2 aliphatic rings. The fourth-order valence-corrected chi connectivity index (χ4v) is 3.36. The molecule has 3 rings (SSSR count). The Balaban J connectivity index is 1.58. The van der Waals surface area contributed by atoms with Crippen molar-refractivity contribution in [2.45, 2.75) is 12.8 Å². The number of hydrogen-bond acceptors (Lipinski definition) is 4. The number of hydrogen-bond donors (Lipinski definition) is 1. The van der Waals surface area contributed by atoms with E-state index in [0.717, 1.165) is 0 Å². The van der Waals surface area contributed by atoms with Gasteiger partial charge in [0.2, 0.25) is 11.8 Å². The molecule has 2 saturated heterocycles. The van der Waals surface area contributed by atoms with Crippen LogP contribution < -0.4 is 5.73 Å². The highest BCUT2D eigenvalue weighted by atomic mass is 16.5.